The number of ether oxygens (including phenoxy) is 1. The summed E-state index contributed by atoms with van der Waals surface area (Å²) >= 11 is 0. The van der Waals surface area contributed by atoms with Crippen molar-refractivity contribution in [3.8, 4) is 0 Å². The number of hydrazine groups is 1. The van der Waals surface area contributed by atoms with E-state index in [-0.39, 0.29) is 0 Å². The Morgan fingerprint density at radius 3 is 2.56 bits per heavy atom. The third-order valence-corrected chi connectivity index (χ3v) is 2.72. The molecule has 0 heterocycles. The third kappa shape index (κ3) is 8.27. The summed E-state index contributed by atoms with van der Waals surface area (Å²) < 4.78 is 4.97. The van der Waals surface area contributed by atoms with Crippen LogP contribution in [0.1, 0.15) is 27.2 Å². The van der Waals surface area contributed by atoms with Crippen molar-refractivity contribution in [2.75, 3.05) is 39.9 Å². The summed E-state index contributed by atoms with van der Waals surface area (Å²) in [5.41, 5.74) is 2.60. The molecule has 0 saturated carbocycles. The first-order valence-electron chi connectivity index (χ1n) is 6.66. The minimum Gasteiger partial charge on any atom is -0.385 e. The first-order valence-corrected chi connectivity index (χ1v) is 6.66. The maximum absolute atomic E-state index is 5.44. The fourth-order valence-corrected chi connectivity index (χ4v) is 1.68. The zero-order chi connectivity index (χ0) is 13.8. The van der Waals surface area contributed by atoms with Crippen LogP contribution in [-0.2, 0) is 4.74 Å². The van der Waals surface area contributed by atoms with Gasteiger partial charge in [0.1, 0.15) is 0 Å². The lowest BCUT2D eigenvalue weighted by Gasteiger charge is -2.24. The molecule has 0 aliphatic carbocycles. The maximum Gasteiger partial charge on any atom is 0.205 e. The molecule has 0 spiro atoms. The average Bonchev–Trinajstić information content (AvgIpc) is 2.39. The van der Waals surface area contributed by atoms with Crippen molar-refractivity contribution in [2.45, 2.75) is 33.2 Å². The van der Waals surface area contributed by atoms with Crippen molar-refractivity contribution in [3.63, 3.8) is 0 Å². The van der Waals surface area contributed by atoms with E-state index in [0.717, 1.165) is 32.7 Å². The van der Waals surface area contributed by atoms with Crippen LogP contribution in [0, 0.1) is 0 Å². The quantitative estimate of drug-likeness (QED) is 0.181. The molecule has 0 radical (unpaired) electrons. The number of nitrogens with two attached hydrogens (primary N) is 1. The van der Waals surface area contributed by atoms with Crippen LogP contribution in [0.4, 0.5) is 0 Å². The summed E-state index contributed by atoms with van der Waals surface area (Å²) in [5, 5.41) is 3.27. The Hall–Kier alpha value is -0.850. The van der Waals surface area contributed by atoms with Crippen LogP contribution in [0.25, 0.3) is 0 Å². The Morgan fingerprint density at radius 1 is 1.39 bits per heavy atom. The summed E-state index contributed by atoms with van der Waals surface area (Å²) in [6, 6.07) is 0.308. The SMILES string of the molecule is CCN(CC)CC(C)NC(=NCCCOC)NN. The number of nitrogens with one attached hydrogen (secondary N) is 2. The van der Waals surface area contributed by atoms with E-state index in [1.165, 1.54) is 0 Å². The molecular weight excluding hydrogens is 230 g/mol. The summed E-state index contributed by atoms with van der Waals surface area (Å²) in [5.74, 6) is 6.09. The highest BCUT2D eigenvalue weighted by atomic mass is 16.5. The van der Waals surface area contributed by atoms with Gasteiger partial charge in [-0.15, -0.1) is 0 Å². The molecule has 1 atom stereocenters. The van der Waals surface area contributed by atoms with E-state index < -0.39 is 0 Å². The molecular formula is C12H29N5O. The smallest absolute Gasteiger partial charge is 0.205 e. The third-order valence-electron chi connectivity index (χ3n) is 2.72. The average molecular weight is 259 g/mol. The predicted molar refractivity (Wildman–Crippen MR) is 76.5 cm³/mol. The van der Waals surface area contributed by atoms with Gasteiger partial charge in [-0.05, 0) is 26.4 Å². The van der Waals surface area contributed by atoms with Crippen LogP contribution in [0.2, 0.25) is 0 Å². The molecule has 0 aromatic rings. The van der Waals surface area contributed by atoms with E-state index in [0.29, 0.717) is 18.5 Å². The lowest BCUT2D eigenvalue weighted by atomic mass is 10.3. The van der Waals surface area contributed by atoms with Crippen molar-refractivity contribution >= 4 is 5.96 Å². The van der Waals surface area contributed by atoms with Gasteiger partial charge in [0.25, 0.3) is 0 Å². The van der Waals surface area contributed by atoms with Crippen LogP contribution in [-0.4, -0.2) is 56.8 Å². The molecule has 0 aromatic carbocycles. The zero-order valence-corrected chi connectivity index (χ0v) is 12.2. The number of guanidine groups is 1. The Morgan fingerprint density at radius 2 is 2.06 bits per heavy atom. The van der Waals surface area contributed by atoms with Gasteiger partial charge < -0.3 is 15.0 Å². The van der Waals surface area contributed by atoms with Gasteiger partial charge in [-0.3, -0.25) is 10.4 Å². The molecule has 0 aromatic heterocycles. The molecule has 0 rings (SSSR count). The Kier molecular flexibility index (Phi) is 10.7. The number of rotatable bonds is 9. The first-order chi connectivity index (χ1) is 8.67. The van der Waals surface area contributed by atoms with Crippen LogP contribution in [0.3, 0.4) is 0 Å². The van der Waals surface area contributed by atoms with Crippen LogP contribution < -0.4 is 16.6 Å². The van der Waals surface area contributed by atoms with Gasteiger partial charge in [0.2, 0.25) is 5.96 Å². The van der Waals surface area contributed by atoms with Crippen molar-refractivity contribution < 1.29 is 4.74 Å². The van der Waals surface area contributed by atoms with Gasteiger partial charge in [-0.2, -0.15) is 0 Å². The molecule has 108 valence electrons. The normalized spacial score (nSPS) is 13.8. The molecule has 18 heavy (non-hydrogen) atoms. The van der Waals surface area contributed by atoms with E-state index >= 15 is 0 Å². The highest BCUT2D eigenvalue weighted by molar-refractivity contribution is 5.79. The Labute approximate surface area is 111 Å². The van der Waals surface area contributed by atoms with Gasteiger partial charge >= 0.3 is 0 Å². The highest BCUT2D eigenvalue weighted by Gasteiger charge is 2.08. The summed E-state index contributed by atoms with van der Waals surface area (Å²) in [6.45, 7) is 11.0. The molecule has 0 saturated heterocycles. The number of likely N-dealkylation sites (N-methyl/N-ethyl adjacent to an activating group) is 1. The minimum absolute atomic E-state index is 0.308. The van der Waals surface area contributed by atoms with Gasteiger partial charge in [0.15, 0.2) is 0 Å². The van der Waals surface area contributed by atoms with E-state index in [1.54, 1.807) is 7.11 Å². The predicted octanol–water partition coefficient (Wildman–Crippen LogP) is 0.162. The summed E-state index contributed by atoms with van der Waals surface area (Å²) in [7, 11) is 1.69. The number of aliphatic imine (C=N–C) groups is 1. The molecule has 0 bridgehead atoms. The molecule has 0 aliphatic rings. The van der Waals surface area contributed by atoms with Crippen molar-refractivity contribution in [1.82, 2.24) is 15.6 Å². The van der Waals surface area contributed by atoms with E-state index in [2.05, 4.69) is 41.4 Å². The van der Waals surface area contributed by atoms with Crippen molar-refractivity contribution in [1.29, 1.82) is 0 Å². The highest BCUT2D eigenvalue weighted by Crippen LogP contribution is 1.91. The van der Waals surface area contributed by atoms with Gasteiger partial charge in [0, 0.05) is 32.8 Å². The number of nitrogens with zero attached hydrogens (tertiary/aromatic N) is 2. The second-order valence-electron chi connectivity index (χ2n) is 4.25. The minimum atomic E-state index is 0.308. The standard InChI is InChI=1S/C12H29N5O/c1-5-17(6-2)10-11(3)15-12(16-13)14-8-7-9-18-4/h11H,5-10,13H2,1-4H3,(H2,14,15,16). The van der Waals surface area contributed by atoms with Gasteiger partial charge in [-0.1, -0.05) is 13.8 Å². The lowest BCUT2D eigenvalue weighted by Crippen LogP contribution is -2.49. The molecule has 0 fully saturated rings. The topological polar surface area (TPSA) is 74.9 Å². The fourth-order valence-electron chi connectivity index (χ4n) is 1.68. The van der Waals surface area contributed by atoms with Crippen molar-refractivity contribution in [2.24, 2.45) is 10.8 Å². The van der Waals surface area contributed by atoms with Crippen LogP contribution in [0.15, 0.2) is 4.99 Å². The monoisotopic (exact) mass is 259 g/mol. The zero-order valence-electron chi connectivity index (χ0n) is 12.2. The molecule has 0 amide bonds. The van der Waals surface area contributed by atoms with Crippen LogP contribution >= 0.6 is 0 Å². The molecule has 6 heteroatoms. The van der Waals surface area contributed by atoms with Crippen molar-refractivity contribution in [3.05, 3.63) is 0 Å². The summed E-state index contributed by atoms with van der Waals surface area (Å²) in [6.07, 6.45) is 0.897. The number of hydrogen-bond acceptors (Lipinski definition) is 4. The second kappa shape index (κ2) is 11.3. The Balaban J connectivity index is 4.02. The van der Waals surface area contributed by atoms with E-state index in [4.69, 9.17) is 10.6 Å². The lowest BCUT2D eigenvalue weighted by molar-refractivity contribution is 0.197. The second-order valence-corrected chi connectivity index (χ2v) is 4.25. The van der Waals surface area contributed by atoms with E-state index in [9.17, 15) is 0 Å². The first kappa shape index (κ1) is 17.2. The van der Waals surface area contributed by atoms with Crippen LogP contribution in [0.5, 0.6) is 0 Å². The van der Waals surface area contributed by atoms with Gasteiger partial charge in [0.05, 0.1) is 0 Å². The van der Waals surface area contributed by atoms with E-state index in [1.807, 2.05) is 0 Å². The Bertz CT molecular complexity index is 219. The number of methoxy groups -OCH3 is 1. The molecule has 0 aliphatic heterocycles. The molecule has 6 nitrogen and oxygen atoms in total. The number of hydrogen-bond donors (Lipinski definition) is 3. The summed E-state index contributed by atoms with van der Waals surface area (Å²) in [4.78, 5) is 6.71. The van der Waals surface area contributed by atoms with Gasteiger partial charge in [-0.25, -0.2) is 5.84 Å². The fraction of sp³-hybridized carbons (Fsp3) is 0.917. The molecule has 1 unspecified atom stereocenters. The maximum atomic E-state index is 5.44. The molecule has 4 N–H and O–H groups in total. The largest absolute Gasteiger partial charge is 0.385 e.